The van der Waals surface area contributed by atoms with E-state index in [1.165, 1.54) is 78.9 Å². The Hall–Kier alpha value is -4.21. The van der Waals surface area contributed by atoms with Gasteiger partial charge < -0.3 is 34.5 Å². The minimum Gasteiger partial charge on any atom is -0.494 e. The number of carbonyl (C=O) groups excluding carboxylic acids is 2. The van der Waals surface area contributed by atoms with Crippen molar-refractivity contribution in [1.29, 1.82) is 0 Å². The predicted molar refractivity (Wildman–Crippen MR) is 184 cm³/mol. The molecule has 0 heterocycles. The van der Waals surface area contributed by atoms with E-state index in [9.17, 15) is 18.4 Å². The molecule has 47 heavy (non-hydrogen) atoms. The van der Waals surface area contributed by atoms with Crippen molar-refractivity contribution in [2.24, 2.45) is 0 Å². The van der Waals surface area contributed by atoms with E-state index in [1.54, 1.807) is 0 Å². The van der Waals surface area contributed by atoms with Crippen LogP contribution in [0.4, 0.5) is 20.2 Å². The van der Waals surface area contributed by atoms with Crippen molar-refractivity contribution in [2.75, 3.05) is 31.3 Å². The van der Waals surface area contributed by atoms with Gasteiger partial charge in [0, 0.05) is 23.9 Å². The van der Waals surface area contributed by atoms with Crippen molar-refractivity contribution in [3.05, 3.63) is 89.5 Å². The Kier molecular flexibility index (Phi) is 13.1. The van der Waals surface area contributed by atoms with Crippen molar-refractivity contribution in [3.63, 3.8) is 0 Å². The van der Waals surface area contributed by atoms with Gasteiger partial charge in [0.25, 0.3) is 0 Å². The van der Waals surface area contributed by atoms with Gasteiger partial charge in [0.2, 0.25) is 0 Å². The number of hydrogen-bond donors (Lipinski definition) is 2. The van der Waals surface area contributed by atoms with Crippen molar-refractivity contribution in [1.82, 2.24) is 0 Å². The zero-order valence-corrected chi connectivity index (χ0v) is 29.5. The third-order valence-electron chi connectivity index (χ3n) is 6.48. The number of ether oxygens (including phenoxy) is 4. The van der Waals surface area contributed by atoms with Gasteiger partial charge in [-0.25, -0.2) is 9.59 Å². The summed E-state index contributed by atoms with van der Waals surface area (Å²) in [6.07, 6.45) is 0.238. The summed E-state index contributed by atoms with van der Waals surface area (Å²) in [4.78, 5) is 24.1. The molecule has 4 N–H and O–H groups in total. The fourth-order valence-electron chi connectivity index (χ4n) is 4.65. The number of nitrogens with two attached hydrogens (primary N) is 2. The lowest BCUT2D eigenvalue weighted by molar-refractivity contribution is -0.185. The molecule has 0 radical (unpaired) electrons. The van der Waals surface area contributed by atoms with Crippen LogP contribution in [0.1, 0.15) is 34.3 Å². The summed E-state index contributed by atoms with van der Waals surface area (Å²) in [7, 11) is -3.35. The summed E-state index contributed by atoms with van der Waals surface area (Å²) in [5.41, 5.74) is 12.5. The number of rotatable bonds is 17. The molecule has 13 heteroatoms. The lowest BCUT2D eigenvalue weighted by Crippen LogP contribution is -2.42. The van der Waals surface area contributed by atoms with E-state index in [1.807, 2.05) is 0 Å². The van der Waals surface area contributed by atoms with E-state index in [2.05, 4.69) is 32.7 Å². The van der Waals surface area contributed by atoms with Crippen LogP contribution < -0.4 is 20.9 Å². The van der Waals surface area contributed by atoms with E-state index < -0.39 is 34.7 Å². The SMILES string of the molecule is C[Si](C)(C)O[Si](C)(C)CCCOc1ccc(C(F)(F)Oc2ccc(C=CC(=O)OCCCOC(=O)c3cc(N)cc(N)c3)cc2)cc1. The highest BCUT2D eigenvalue weighted by molar-refractivity contribution is 6.84. The molecule has 0 amide bonds. The Balaban J connectivity index is 1.38. The second-order valence-electron chi connectivity index (χ2n) is 12.5. The molecule has 0 aliphatic carbocycles. The van der Waals surface area contributed by atoms with Gasteiger partial charge >= 0.3 is 18.0 Å². The standard InChI is InChI=1S/C34H44F2N2O7Si2/c1-46(2,3)45-47(4,5)21-7-20-41-30-15-11-27(12-16-30)34(35,36)44-31-13-8-25(9-14-31)10-17-32(39)42-18-6-19-43-33(40)26-22-28(37)24-29(38)23-26/h8-17,22-24H,6-7,18-21,37-38H2,1-5H3. The molecule has 0 aliphatic rings. The van der Waals surface area contributed by atoms with E-state index in [0.717, 1.165) is 12.5 Å². The molecule has 0 bridgehead atoms. The van der Waals surface area contributed by atoms with Crippen molar-refractivity contribution < 1.29 is 41.4 Å². The Morgan fingerprint density at radius 2 is 1.38 bits per heavy atom. The number of halogens is 2. The van der Waals surface area contributed by atoms with Gasteiger partial charge in [-0.05, 0) is 111 Å². The minimum absolute atomic E-state index is 0.0263. The first-order valence-electron chi connectivity index (χ1n) is 15.3. The number of benzene rings is 3. The first-order valence-corrected chi connectivity index (χ1v) is 21.8. The third-order valence-corrected chi connectivity index (χ3v) is 12.7. The number of anilines is 2. The van der Waals surface area contributed by atoms with Gasteiger partial charge in [-0.2, -0.15) is 8.78 Å². The van der Waals surface area contributed by atoms with Gasteiger partial charge in [0.15, 0.2) is 16.6 Å². The molecule has 3 aromatic rings. The molecule has 0 aliphatic heterocycles. The fraction of sp³-hybridized carbons (Fsp3) is 0.353. The largest absolute Gasteiger partial charge is 0.494 e. The Morgan fingerprint density at radius 1 is 0.787 bits per heavy atom. The van der Waals surface area contributed by atoms with Gasteiger partial charge in [0.05, 0.1) is 30.9 Å². The molecule has 0 spiro atoms. The van der Waals surface area contributed by atoms with Crippen LogP contribution in [0.2, 0.25) is 38.8 Å². The summed E-state index contributed by atoms with van der Waals surface area (Å²) in [5.74, 6) is -0.731. The average Bonchev–Trinajstić information content (AvgIpc) is 2.97. The molecule has 3 rings (SSSR count). The third kappa shape index (κ3) is 13.6. The van der Waals surface area contributed by atoms with Gasteiger partial charge in [-0.15, -0.1) is 0 Å². The van der Waals surface area contributed by atoms with Gasteiger partial charge in [0.1, 0.15) is 11.5 Å². The van der Waals surface area contributed by atoms with Crippen LogP contribution in [0, 0.1) is 0 Å². The molecule has 0 saturated carbocycles. The number of hydrogen-bond acceptors (Lipinski definition) is 9. The predicted octanol–water partition coefficient (Wildman–Crippen LogP) is 7.61. The summed E-state index contributed by atoms with van der Waals surface area (Å²) in [6.45, 7) is 11.5. The highest BCUT2D eigenvalue weighted by atomic mass is 28.4. The second kappa shape index (κ2) is 16.6. The quantitative estimate of drug-likeness (QED) is 0.0484. The van der Waals surface area contributed by atoms with Crippen molar-refractivity contribution in [3.8, 4) is 11.5 Å². The minimum atomic E-state index is -3.57. The molecule has 0 saturated heterocycles. The molecule has 0 fully saturated rings. The number of alkyl halides is 2. The van der Waals surface area contributed by atoms with Gasteiger partial charge in [-0.1, -0.05) is 12.1 Å². The molecular weight excluding hydrogens is 643 g/mol. The maximum absolute atomic E-state index is 14.9. The molecular formula is C34H44F2N2O7Si2. The molecule has 254 valence electrons. The first kappa shape index (κ1) is 37.3. The highest BCUT2D eigenvalue weighted by Crippen LogP contribution is 2.33. The molecule has 0 aromatic heterocycles. The zero-order valence-electron chi connectivity index (χ0n) is 27.5. The molecule has 0 unspecified atom stereocenters. The maximum atomic E-state index is 14.9. The molecule has 3 aromatic carbocycles. The maximum Gasteiger partial charge on any atom is 0.426 e. The number of esters is 2. The van der Waals surface area contributed by atoms with E-state index in [0.29, 0.717) is 29.3 Å². The lowest BCUT2D eigenvalue weighted by Gasteiger charge is -2.31. The summed E-state index contributed by atoms with van der Waals surface area (Å²) < 4.78 is 57.0. The Labute approximate surface area is 277 Å². The number of carbonyl (C=O) groups is 2. The second-order valence-corrected chi connectivity index (χ2v) is 21.6. The summed E-state index contributed by atoms with van der Waals surface area (Å²) in [6, 6.07) is 16.8. The number of nitrogen functional groups attached to an aromatic ring is 2. The summed E-state index contributed by atoms with van der Waals surface area (Å²) in [5, 5.41) is 0. The van der Waals surface area contributed by atoms with Crippen LogP contribution in [-0.2, 0) is 24.5 Å². The Morgan fingerprint density at radius 3 is 2.00 bits per heavy atom. The van der Waals surface area contributed by atoms with Crippen LogP contribution >= 0.6 is 0 Å². The summed E-state index contributed by atoms with van der Waals surface area (Å²) >= 11 is 0. The first-order chi connectivity index (χ1) is 22.0. The van der Waals surface area contributed by atoms with Crippen LogP contribution in [0.15, 0.2) is 72.8 Å². The van der Waals surface area contributed by atoms with Crippen LogP contribution in [-0.4, -0.2) is 48.4 Å². The smallest absolute Gasteiger partial charge is 0.426 e. The lowest BCUT2D eigenvalue weighted by atomic mass is 10.2. The van der Waals surface area contributed by atoms with E-state index in [4.69, 9.17) is 34.5 Å². The normalized spacial score (nSPS) is 12.1. The zero-order chi connectivity index (χ0) is 34.7. The van der Waals surface area contributed by atoms with E-state index in [-0.39, 0.29) is 36.5 Å². The van der Waals surface area contributed by atoms with Crippen LogP contribution in [0.5, 0.6) is 11.5 Å². The van der Waals surface area contributed by atoms with Crippen LogP contribution in [0.25, 0.3) is 6.08 Å². The topological polar surface area (TPSA) is 132 Å². The highest BCUT2D eigenvalue weighted by Gasteiger charge is 2.34. The Bertz CT molecular complexity index is 1490. The van der Waals surface area contributed by atoms with Crippen LogP contribution in [0.3, 0.4) is 0 Å². The monoisotopic (exact) mass is 686 g/mol. The van der Waals surface area contributed by atoms with Crippen molar-refractivity contribution >= 4 is 46.0 Å². The van der Waals surface area contributed by atoms with E-state index >= 15 is 0 Å². The van der Waals surface area contributed by atoms with Crippen molar-refractivity contribution in [2.45, 2.75) is 57.7 Å². The average molecular weight is 687 g/mol. The fourth-order valence-corrected chi connectivity index (χ4v) is 12.7. The molecule has 9 nitrogen and oxygen atoms in total. The molecule has 0 atom stereocenters. The van der Waals surface area contributed by atoms with Gasteiger partial charge in [-0.3, -0.25) is 0 Å².